The van der Waals surface area contributed by atoms with Gasteiger partial charge < -0.3 is 9.84 Å². The van der Waals surface area contributed by atoms with E-state index < -0.39 is 12.2 Å². The van der Waals surface area contributed by atoms with Crippen molar-refractivity contribution in [3.05, 3.63) is 71.2 Å². The Balaban J connectivity index is 0.00000126. The van der Waals surface area contributed by atoms with Gasteiger partial charge in [-0.25, -0.2) is 4.39 Å². The average Bonchev–Trinajstić information content (AvgIpc) is 3.63. The molecule has 0 radical (unpaired) electrons. The summed E-state index contributed by atoms with van der Waals surface area (Å²) in [4.78, 5) is 16.8. The molecule has 2 fully saturated rings. The predicted molar refractivity (Wildman–Crippen MR) is 129 cm³/mol. The minimum absolute atomic E-state index is 0.0371. The van der Waals surface area contributed by atoms with Crippen molar-refractivity contribution >= 4 is 22.9 Å². The van der Waals surface area contributed by atoms with Gasteiger partial charge in [0.2, 0.25) is 0 Å². The van der Waals surface area contributed by atoms with Gasteiger partial charge >= 0.3 is 5.97 Å². The first-order valence-electron chi connectivity index (χ1n) is 11.7. The Labute approximate surface area is 194 Å². The average molecular weight is 448 g/mol. The van der Waals surface area contributed by atoms with E-state index in [4.69, 9.17) is 9.72 Å². The summed E-state index contributed by atoms with van der Waals surface area (Å²) in [7, 11) is 0. The van der Waals surface area contributed by atoms with Crippen LogP contribution in [-0.4, -0.2) is 28.3 Å². The van der Waals surface area contributed by atoms with Crippen LogP contribution >= 0.6 is 0 Å². The Hall–Kier alpha value is -3.05. The number of aliphatic hydroxyl groups excluding tert-OH is 1. The molecule has 172 valence electrons. The van der Waals surface area contributed by atoms with E-state index in [1.54, 1.807) is 12.1 Å². The third-order valence-electron chi connectivity index (χ3n) is 5.97. The monoisotopic (exact) mass is 447 g/mol. The van der Waals surface area contributed by atoms with E-state index in [2.05, 4.69) is 18.2 Å². The number of esters is 1. The number of carbonyl (C=O) groups is 1. The van der Waals surface area contributed by atoms with E-state index in [1.165, 1.54) is 12.1 Å². The van der Waals surface area contributed by atoms with E-state index in [-0.39, 0.29) is 18.2 Å². The van der Waals surface area contributed by atoms with Crippen molar-refractivity contribution < 1.29 is 19.0 Å². The highest BCUT2D eigenvalue weighted by atomic mass is 19.1. The van der Waals surface area contributed by atoms with Crippen molar-refractivity contribution in [3.8, 4) is 11.1 Å². The predicted octanol–water partition coefficient (Wildman–Crippen LogP) is 6.33. The molecule has 2 atom stereocenters. The van der Waals surface area contributed by atoms with E-state index >= 15 is 0 Å². The Morgan fingerprint density at radius 2 is 1.85 bits per heavy atom. The molecule has 33 heavy (non-hydrogen) atoms. The lowest BCUT2D eigenvalue weighted by atomic mass is 9.91. The topological polar surface area (TPSA) is 59.4 Å². The molecule has 2 unspecified atom stereocenters. The molecule has 5 heteroatoms. The summed E-state index contributed by atoms with van der Waals surface area (Å²) in [5.74, 6) is -0.273. The number of aliphatic hydroxyl groups is 1. The number of halogens is 1. The quantitative estimate of drug-likeness (QED) is 0.475. The summed E-state index contributed by atoms with van der Waals surface area (Å²) >= 11 is 0. The molecule has 1 aliphatic heterocycles. The minimum Gasteiger partial charge on any atom is -0.458 e. The molecule has 4 nitrogen and oxygen atoms in total. The van der Waals surface area contributed by atoms with Gasteiger partial charge in [0.1, 0.15) is 11.9 Å². The van der Waals surface area contributed by atoms with E-state index in [1.807, 2.05) is 32.9 Å². The second-order valence-electron chi connectivity index (χ2n) is 8.57. The largest absolute Gasteiger partial charge is 0.458 e. The molecule has 1 aromatic heterocycles. The molecule has 0 bridgehead atoms. The number of cyclic esters (lactones) is 1. The van der Waals surface area contributed by atoms with E-state index in [0.29, 0.717) is 12.3 Å². The highest BCUT2D eigenvalue weighted by molar-refractivity contribution is 5.99. The molecule has 2 aromatic carbocycles. The van der Waals surface area contributed by atoms with Crippen LogP contribution in [0.4, 0.5) is 4.39 Å². The lowest BCUT2D eigenvalue weighted by Gasteiger charge is -2.23. The van der Waals surface area contributed by atoms with E-state index in [0.717, 1.165) is 51.7 Å². The van der Waals surface area contributed by atoms with Crippen LogP contribution in [-0.2, 0) is 9.53 Å². The van der Waals surface area contributed by atoms with Gasteiger partial charge in [-0.05, 0) is 55.2 Å². The Morgan fingerprint density at radius 3 is 2.52 bits per heavy atom. The second-order valence-corrected chi connectivity index (χ2v) is 8.57. The number of rotatable bonds is 4. The number of carbonyl (C=O) groups excluding carboxylic acids is 1. The molecular weight excluding hydrogens is 417 g/mol. The number of nitrogens with zero attached hydrogens (tertiary/aromatic N) is 1. The first kappa shape index (κ1) is 23.1. The molecule has 2 heterocycles. The number of aromatic nitrogens is 1. The summed E-state index contributed by atoms with van der Waals surface area (Å²) in [6.45, 7) is 6.05. The standard InChI is InChI=1S/C26H24FNO3.C2H6/c1-15-2-10-21-23(12-15)28-26(17-3-4-17)22(25(21)16-5-7-18(27)8-6-16)11-9-20-13-19(29)14-24(30)31-20;1-2/h2,5-12,17,19-20,29H,3-4,13-14H2,1H3;1-2H3/b11-9+;. The van der Waals surface area contributed by atoms with Crippen LogP contribution in [0.25, 0.3) is 28.1 Å². The number of pyridine rings is 1. The summed E-state index contributed by atoms with van der Waals surface area (Å²) in [6, 6.07) is 12.7. The van der Waals surface area contributed by atoms with Gasteiger partial charge in [-0.2, -0.15) is 0 Å². The summed E-state index contributed by atoms with van der Waals surface area (Å²) in [6.07, 6.45) is 5.25. The summed E-state index contributed by atoms with van der Waals surface area (Å²) < 4.78 is 19.1. The van der Waals surface area contributed by atoms with Crippen LogP contribution in [0.3, 0.4) is 0 Å². The normalized spacial score (nSPS) is 20.5. The Morgan fingerprint density at radius 1 is 1.12 bits per heavy atom. The zero-order valence-corrected chi connectivity index (χ0v) is 19.3. The Bertz CT molecular complexity index is 1180. The molecule has 1 saturated carbocycles. The number of hydrogen-bond acceptors (Lipinski definition) is 4. The number of aryl methyl sites for hydroxylation is 1. The zero-order valence-electron chi connectivity index (χ0n) is 19.3. The van der Waals surface area contributed by atoms with Gasteiger partial charge in [0.05, 0.1) is 23.7 Å². The van der Waals surface area contributed by atoms with Gasteiger partial charge in [-0.15, -0.1) is 0 Å². The fraction of sp³-hybridized carbons (Fsp3) is 0.357. The maximum atomic E-state index is 13.7. The lowest BCUT2D eigenvalue weighted by molar-refractivity contribution is -0.156. The van der Waals surface area contributed by atoms with Crippen LogP contribution in [0.2, 0.25) is 0 Å². The van der Waals surface area contributed by atoms with Crippen molar-refractivity contribution in [2.45, 2.75) is 64.6 Å². The van der Waals surface area contributed by atoms with Crippen LogP contribution in [0, 0.1) is 12.7 Å². The van der Waals surface area contributed by atoms with Crippen molar-refractivity contribution in [1.29, 1.82) is 0 Å². The first-order chi connectivity index (χ1) is 16.0. The fourth-order valence-electron chi connectivity index (χ4n) is 4.30. The van der Waals surface area contributed by atoms with Gasteiger partial charge in [0, 0.05) is 28.9 Å². The van der Waals surface area contributed by atoms with Gasteiger partial charge in [-0.3, -0.25) is 9.78 Å². The zero-order chi connectivity index (χ0) is 23.5. The van der Waals surface area contributed by atoms with Crippen molar-refractivity contribution in [3.63, 3.8) is 0 Å². The maximum Gasteiger partial charge on any atom is 0.309 e. The van der Waals surface area contributed by atoms with Crippen LogP contribution in [0.1, 0.15) is 62.3 Å². The minimum atomic E-state index is -0.687. The van der Waals surface area contributed by atoms with Crippen LogP contribution < -0.4 is 0 Å². The fourth-order valence-corrected chi connectivity index (χ4v) is 4.30. The summed E-state index contributed by atoms with van der Waals surface area (Å²) in [5, 5.41) is 10.9. The van der Waals surface area contributed by atoms with Gasteiger partial charge in [0.25, 0.3) is 0 Å². The lowest BCUT2D eigenvalue weighted by Crippen LogP contribution is -2.31. The smallest absolute Gasteiger partial charge is 0.309 e. The SMILES string of the molecule is CC.Cc1ccc2c(-c3ccc(F)cc3)c(/C=C/C3CC(O)CC(=O)O3)c(C3CC3)nc2c1. The maximum absolute atomic E-state index is 13.7. The molecule has 1 saturated heterocycles. The second kappa shape index (κ2) is 9.84. The summed E-state index contributed by atoms with van der Waals surface area (Å²) in [5.41, 5.74) is 5.99. The number of benzene rings is 2. The van der Waals surface area contributed by atoms with Crippen molar-refractivity contribution in [1.82, 2.24) is 4.98 Å². The number of fused-ring (bicyclic) bond motifs is 1. The molecule has 1 N–H and O–H groups in total. The molecule has 3 aromatic rings. The molecule has 0 amide bonds. The number of hydrogen-bond donors (Lipinski definition) is 1. The van der Waals surface area contributed by atoms with Gasteiger partial charge in [0.15, 0.2) is 0 Å². The molecule has 1 aliphatic carbocycles. The van der Waals surface area contributed by atoms with E-state index in [9.17, 15) is 14.3 Å². The third kappa shape index (κ3) is 5.14. The molecular formula is C28H30FNO3. The highest BCUT2D eigenvalue weighted by Gasteiger charge is 2.30. The molecule has 0 spiro atoms. The molecule has 2 aliphatic rings. The third-order valence-corrected chi connectivity index (χ3v) is 5.97. The Kier molecular flexibility index (Phi) is 6.89. The highest BCUT2D eigenvalue weighted by Crippen LogP contribution is 2.45. The number of ether oxygens (including phenoxy) is 1. The first-order valence-corrected chi connectivity index (χ1v) is 11.7. The van der Waals surface area contributed by atoms with Crippen LogP contribution in [0.5, 0.6) is 0 Å². The van der Waals surface area contributed by atoms with Crippen molar-refractivity contribution in [2.75, 3.05) is 0 Å². The molecule has 5 rings (SSSR count). The van der Waals surface area contributed by atoms with Crippen molar-refractivity contribution in [2.24, 2.45) is 0 Å². The van der Waals surface area contributed by atoms with Crippen LogP contribution in [0.15, 0.2) is 48.5 Å². The van der Waals surface area contributed by atoms with Gasteiger partial charge in [-0.1, -0.05) is 44.2 Å².